The number of anilines is 2. The zero-order valence-electron chi connectivity index (χ0n) is 14.8. The first-order chi connectivity index (χ1) is 12.5. The highest BCUT2D eigenvalue weighted by molar-refractivity contribution is 7.91. The van der Waals surface area contributed by atoms with Crippen LogP contribution in [-0.2, 0) is 10.0 Å². The van der Waals surface area contributed by atoms with Crippen molar-refractivity contribution in [3.8, 4) is 0 Å². The van der Waals surface area contributed by atoms with Gasteiger partial charge in [-0.2, -0.15) is 4.31 Å². The van der Waals surface area contributed by atoms with E-state index in [9.17, 15) is 8.42 Å². The number of hydrogen-bond donors (Lipinski definition) is 0. The molecule has 0 saturated carbocycles. The number of halogens is 1. The molecular weight excluding hydrogens is 394 g/mol. The molecule has 0 N–H and O–H groups in total. The molecule has 0 radical (unpaired) electrons. The molecule has 0 amide bonds. The Balaban J connectivity index is 1.65. The summed E-state index contributed by atoms with van der Waals surface area (Å²) in [5, 5.41) is 8.62. The number of nitrogens with zero attached hydrogens (tertiary/aromatic N) is 5. The maximum atomic E-state index is 12.7. The summed E-state index contributed by atoms with van der Waals surface area (Å²) < 4.78 is 27.6. The Morgan fingerprint density at radius 3 is 2.27 bits per heavy atom. The van der Waals surface area contributed by atoms with Gasteiger partial charge in [-0.1, -0.05) is 11.6 Å². The third-order valence-corrected chi connectivity index (χ3v) is 8.03. The molecule has 142 valence electrons. The molecule has 0 aromatic carbocycles. The SMILES string of the molecule is CCN(CC)c1ccc(N2CCN(S(=O)(=O)c3ccc(Cl)s3)CC2)nn1. The lowest BCUT2D eigenvalue weighted by atomic mass is 10.3. The van der Waals surface area contributed by atoms with Crippen LogP contribution in [0.4, 0.5) is 11.6 Å². The van der Waals surface area contributed by atoms with Crippen molar-refractivity contribution in [1.82, 2.24) is 14.5 Å². The van der Waals surface area contributed by atoms with E-state index >= 15 is 0 Å². The standard InChI is InChI=1S/C16H22ClN5O2S2/c1-3-20(4-2)14-6-7-15(19-18-14)21-9-11-22(12-10-21)26(23,24)16-8-5-13(17)25-16/h5-8H,3-4,9-12H2,1-2H3. The molecule has 1 saturated heterocycles. The summed E-state index contributed by atoms with van der Waals surface area (Å²) >= 11 is 6.96. The molecule has 1 aliphatic heterocycles. The lowest BCUT2D eigenvalue weighted by Gasteiger charge is -2.34. The van der Waals surface area contributed by atoms with E-state index in [1.165, 1.54) is 4.31 Å². The minimum atomic E-state index is -3.47. The van der Waals surface area contributed by atoms with Gasteiger partial charge in [0, 0.05) is 39.3 Å². The Hall–Kier alpha value is -1.42. The largest absolute Gasteiger partial charge is 0.356 e. The first-order valence-corrected chi connectivity index (χ1v) is 11.2. The minimum Gasteiger partial charge on any atom is -0.356 e. The summed E-state index contributed by atoms with van der Waals surface area (Å²) in [6, 6.07) is 7.09. The summed E-state index contributed by atoms with van der Waals surface area (Å²) in [4.78, 5) is 4.19. The van der Waals surface area contributed by atoms with Gasteiger partial charge in [0.25, 0.3) is 10.0 Å². The first-order valence-electron chi connectivity index (χ1n) is 8.54. The van der Waals surface area contributed by atoms with E-state index in [4.69, 9.17) is 11.6 Å². The van der Waals surface area contributed by atoms with Crippen molar-refractivity contribution in [3.05, 3.63) is 28.6 Å². The average Bonchev–Trinajstić information content (AvgIpc) is 3.11. The summed E-state index contributed by atoms with van der Waals surface area (Å²) in [6.45, 7) is 7.92. The van der Waals surface area contributed by atoms with E-state index in [0.29, 0.717) is 34.7 Å². The van der Waals surface area contributed by atoms with Gasteiger partial charge in [-0.3, -0.25) is 0 Å². The second-order valence-electron chi connectivity index (χ2n) is 5.87. The van der Waals surface area contributed by atoms with Crippen molar-refractivity contribution in [2.24, 2.45) is 0 Å². The van der Waals surface area contributed by atoms with Crippen molar-refractivity contribution < 1.29 is 8.42 Å². The van der Waals surface area contributed by atoms with Crippen LogP contribution in [0.5, 0.6) is 0 Å². The van der Waals surface area contributed by atoms with Crippen LogP contribution in [-0.4, -0.2) is 62.2 Å². The van der Waals surface area contributed by atoms with Gasteiger partial charge in [-0.15, -0.1) is 21.5 Å². The highest BCUT2D eigenvalue weighted by Gasteiger charge is 2.30. The third kappa shape index (κ3) is 3.95. The van der Waals surface area contributed by atoms with Gasteiger partial charge in [0.1, 0.15) is 4.21 Å². The quantitative estimate of drug-likeness (QED) is 0.722. The van der Waals surface area contributed by atoms with Crippen LogP contribution < -0.4 is 9.80 Å². The average molecular weight is 416 g/mol. The lowest BCUT2D eigenvalue weighted by Crippen LogP contribution is -2.48. The van der Waals surface area contributed by atoms with Crippen molar-refractivity contribution in [2.45, 2.75) is 18.1 Å². The number of thiophene rings is 1. The molecule has 1 aliphatic rings. The Bertz CT molecular complexity index is 829. The summed E-state index contributed by atoms with van der Waals surface area (Å²) in [5.41, 5.74) is 0. The normalized spacial score (nSPS) is 16.0. The van der Waals surface area contributed by atoms with Gasteiger partial charge in [-0.25, -0.2) is 8.42 Å². The predicted octanol–water partition coefficient (Wildman–Crippen LogP) is 2.55. The molecule has 0 spiro atoms. The second kappa shape index (κ2) is 8.08. The Labute approximate surface area is 163 Å². The smallest absolute Gasteiger partial charge is 0.252 e. The highest BCUT2D eigenvalue weighted by Crippen LogP contribution is 2.29. The molecule has 0 bridgehead atoms. The van der Waals surface area contributed by atoms with Gasteiger partial charge in [0.2, 0.25) is 0 Å². The molecule has 3 rings (SSSR count). The molecule has 1 fully saturated rings. The highest BCUT2D eigenvalue weighted by atomic mass is 35.5. The zero-order chi connectivity index (χ0) is 18.7. The van der Waals surface area contributed by atoms with Gasteiger partial charge >= 0.3 is 0 Å². The fourth-order valence-corrected chi connectivity index (χ4v) is 5.98. The monoisotopic (exact) mass is 415 g/mol. The molecule has 26 heavy (non-hydrogen) atoms. The molecule has 2 aromatic heterocycles. The van der Waals surface area contributed by atoms with E-state index in [0.717, 1.165) is 36.1 Å². The van der Waals surface area contributed by atoms with Gasteiger partial charge in [0.05, 0.1) is 4.34 Å². The van der Waals surface area contributed by atoms with E-state index in [2.05, 4.69) is 33.8 Å². The molecule has 7 nitrogen and oxygen atoms in total. The van der Waals surface area contributed by atoms with E-state index < -0.39 is 10.0 Å². The third-order valence-electron chi connectivity index (χ3n) is 4.43. The van der Waals surface area contributed by atoms with E-state index in [1.807, 2.05) is 12.1 Å². The van der Waals surface area contributed by atoms with Crippen molar-refractivity contribution in [1.29, 1.82) is 0 Å². The molecular formula is C16H22ClN5O2S2. The molecule has 0 aliphatic carbocycles. The fraction of sp³-hybridized carbons (Fsp3) is 0.500. The number of aromatic nitrogens is 2. The zero-order valence-corrected chi connectivity index (χ0v) is 17.2. The van der Waals surface area contributed by atoms with Crippen molar-refractivity contribution in [3.63, 3.8) is 0 Å². The first kappa shape index (κ1) is 19.3. The molecule has 10 heteroatoms. The van der Waals surface area contributed by atoms with Crippen LogP contribution in [0.25, 0.3) is 0 Å². The summed E-state index contributed by atoms with van der Waals surface area (Å²) in [6.07, 6.45) is 0. The molecule has 2 aromatic rings. The van der Waals surface area contributed by atoms with E-state index in [1.54, 1.807) is 12.1 Å². The van der Waals surface area contributed by atoms with Crippen molar-refractivity contribution >= 4 is 44.6 Å². The minimum absolute atomic E-state index is 0.291. The van der Waals surface area contributed by atoms with Crippen LogP contribution in [0.2, 0.25) is 4.34 Å². The molecule has 0 atom stereocenters. The van der Waals surface area contributed by atoms with Crippen LogP contribution in [0.3, 0.4) is 0 Å². The van der Waals surface area contributed by atoms with Gasteiger partial charge < -0.3 is 9.80 Å². The number of piperazine rings is 1. The molecule has 0 unspecified atom stereocenters. The maximum absolute atomic E-state index is 12.7. The van der Waals surface area contributed by atoms with E-state index in [-0.39, 0.29) is 0 Å². The van der Waals surface area contributed by atoms with Crippen LogP contribution >= 0.6 is 22.9 Å². The van der Waals surface area contributed by atoms with Crippen LogP contribution in [0, 0.1) is 0 Å². The summed E-state index contributed by atoms with van der Waals surface area (Å²) in [7, 11) is -3.47. The number of rotatable bonds is 6. The summed E-state index contributed by atoms with van der Waals surface area (Å²) in [5.74, 6) is 1.63. The Morgan fingerprint density at radius 1 is 1.08 bits per heavy atom. The number of sulfonamides is 1. The van der Waals surface area contributed by atoms with Gasteiger partial charge in [-0.05, 0) is 38.1 Å². The predicted molar refractivity (Wildman–Crippen MR) is 106 cm³/mol. The number of hydrogen-bond acceptors (Lipinski definition) is 7. The van der Waals surface area contributed by atoms with Gasteiger partial charge in [0.15, 0.2) is 11.6 Å². The van der Waals surface area contributed by atoms with Crippen LogP contribution in [0.15, 0.2) is 28.5 Å². The molecule has 3 heterocycles. The Kier molecular flexibility index (Phi) is 6.01. The Morgan fingerprint density at radius 2 is 1.77 bits per heavy atom. The maximum Gasteiger partial charge on any atom is 0.252 e. The van der Waals surface area contributed by atoms with Crippen LogP contribution in [0.1, 0.15) is 13.8 Å². The topological polar surface area (TPSA) is 69.6 Å². The lowest BCUT2D eigenvalue weighted by molar-refractivity contribution is 0.384. The fourth-order valence-electron chi connectivity index (χ4n) is 2.92. The second-order valence-corrected chi connectivity index (χ2v) is 9.75. The van der Waals surface area contributed by atoms with Crippen molar-refractivity contribution in [2.75, 3.05) is 49.1 Å².